The maximum atomic E-state index is 13.2. The molecule has 1 heterocycles. The van der Waals surface area contributed by atoms with Crippen LogP contribution >= 0.6 is 23.5 Å². The van der Waals surface area contributed by atoms with Crippen molar-refractivity contribution in [3.63, 3.8) is 0 Å². The van der Waals surface area contributed by atoms with Crippen LogP contribution in [-0.4, -0.2) is 16.6 Å². The number of Topliss-reactive ketones (excluding diaryl/α,β-unsaturated/α-hetero) is 2. The maximum absolute atomic E-state index is 13.2. The van der Waals surface area contributed by atoms with Gasteiger partial charge in [-0.25, -0.2) is 0 Å². The molecule has 0 radical (unpaired) electrons. The maximum Gasteiger partial charge on any atom is 0.220 e. The van der Waals surface area contributed by atoms with E-state index in [1.807, 2.05) is 62.4 Å². The van der Waals surface area contributed by atoms with E-state index in [0.717, 1.165) is 20.9 Å². The summed E-state index contributed by atoms with van der Waals surface area (Å²) in [5.74, 6) is -0.349. The van der Waals surface area contributed by atoms with Crippen molar-refractivity contribution in [2.75, 3.05) is 0 Å². The molecule has 3 aromatic rings. The molecule has 0 unspecified atom stereocenters. The number of benzene rings is 2. The van der Waals surface area contributed by atoms with Crippen molar-refractivity contribution in [3.05, 3.63) is 99.1 Å². The fourth-order valence-corrected chi connectivity index (χ4v) is 4.87. The molecule has 3 nitrogen and oxygen atoms in total. The highest BCUT2D eigenvalue weighted by Crippen LogP contribution is 2.43. The number of hydrogen-bond donors (Lipinski definition) is 0. The molecule has 0 aliphatic heterocycles. The summed E-state index contributed by atoms with van der Waals surface area (Å²) < 4.78 is 0. The van der Waals surface area contributed by atoms with Gasteiger partial charge in [0.05, 0.1) is 15.4 Å². The summed E-state index contributed by atoms with van der Waals surface area (Å²) in [4.78, 5) is 33.3. The van der Waals surface area contributed by atoms with E-state index in [9.17, 15) is 9.59 Å². The number of carbonyl (C=O) groups excluding carboxylic acids is 2. The first kappa shape index (κ1) is 18.7. The number of aromatic nitrogens is 1. The molecule has 0 fully saturated rings. The fraction of sp³-hybridized carbons (Fsp3) is 0.0870. The lowest BCUT2D eigenvalue weighted by Crippen LogP contribution is -2.21. The van der Waals surface area contributed by atoms with Crippen molar-refractivity contribution in [2.24, 2.45) is 0 Å². The molecule has 2 aromatic carbocycles. The van der Waals surface area contributed by atoms with E-state index in [1.165, 1.54) is 23.5 Å². The van der Waals surface area contributed by atoms with Crippen LogP contribution in [0.2, 0.25) is 0 Å². The molecule has 4 rings (SSSR count). The number of aryl methyl sites for hydroxylation is 2. The molecule has 0 saturated carbocycles. The zero-order chi connectivity index (χ0) is 19.7. The van der Waals surface area contributed by atoms with Gasteiger partial charge in [0.2, 0.25) is 11.6 Å². The first-order chi connectivity index (χ1) is 13.5. The Morgan fingerprint density at radius 2 is 1.18 bits per heavy atom. The fourth-order valence-electron chi connectivity index (χ4n) is 2.84. The average molecular weight is 404 g/mol. The molecule has 0 N–H and O–H groups in total. The SMILES string of the molecule is Cc1ccc(SC2=C(Sc3ccc(C)cc3)C(=O)c3ncccc3C2=O)cc1. The van der Waals surface area contributed by atoms with E-state index in [4.69, 9.17) is 0 Å². The number of thioether (sulfide) groups is 2. The van der Waals surface area contributed by atoms with Crippen molar-refractivity contribution in [1.29, 1.82) is 0 Å². The van der Waals surface area contributed by atoms with Gasteiger partial charge in [-0.15, -0.1) is 0 Å². The van der Waals surface area contributed by atoms with E-state index in [0.29, 0.717) is 15.4 Å². The number of pyridine rings is 1. The molecule has 1 aromatic heterocycles. The number of carbonyl (C=O) groups is 2. The van der Waals surface area contributed by atoms with Crippen LogP contribution in [0.3, 0.4) is 0 Å². The van der Waals surface area contributed by atoms with Gasteiger partial charge in [-0.2, -0.15) is 0 Å². The largest absolute Gasteiger partial charge is 0.288 e. The van der Waals surface area contributed by atoms with Crippen LogP contribution in [0.4, 0.5) is 0 Å². The van der Waals surface area contributed by atoms with E-state index in [1.54, 1.807) is 18.3 Å². The van der Waals surface area contributed by atoms with Gasteiger partial charge in [-0.3, -0.25) is 14.6 Å². The van der Waals surface area contributed by atoms with Crippen molar-refractivity contribution >= 4 is 35.1 Å². The molecule has 0 saturated heterocycles. The quantitative estimate of drug-likeness (QED) is 0.545. The van der Waals surface area contributed by atoms with Crippen LogP contribution in [0, 0.1) is 13.8 Å². The third-order valence-electron chi connectivity index (χ3n) is 4.37. The van der Waals surface area contributed by atoms with Gasteiger partial charge in [0, 0.05) is 16.0 Å². The van der Waals surface area contributed by atoms with Crippen molar-refractivity contribution < 1.29 is 9.59 Å². The Hall–Kier alpha value is -2.63. The van der Waals surface area contributed by atoms with Crippen LogP contribution in [0.5, 0.6) is 0 Å². The molecular formula is C23H17NO2S2. The number of allylic oxidation sites excluding steroid dienone is 2. The molecule has 0 spiro atoms. The molecular weight excluding hydrogens is 386 g/mol. The van der Waals surface area contributed by atoms with Gasteiger partial charge in [-0.05, 0) is 50.2 Å². The van der Waals surface area contributed by atoms with Gasteiger partial charge in [0.25, 0.3) is 0 Å². The third-order valence-corrected chi connectivity index (χ3v) is 6.70. The normalized spacial score (nSPS) is 13.6. The van der Waals surface area contributed by atoms with Gasteiger partial charge in [-0.1, -0.05) is 58.9 Å². The lowest BCUT2D eigenvalue weighted by atomic mass is 10.00. The summed E-state index contributed by atoms with van der Waals surface area (Å²) in [7, 11) is 0. The zero-order valence-electron chi connectivity index (χ0n) is 15.4. The van der Waals surface area contributed by atoms with Gasteiger partial charge < -0.3 is 0 Å². The Morgan fingerprint density at radius 3 is 1.71 bits per heavy atom. The topological polar surface area (TPSA) is 47.0 Å². The number of rotatable bonds is 4. The molecule has 1 aliphatic rings. The number of nitrogens with zero attached hydrogens (tertiary/aromatic N) is 1. The molecule has 0 bridgehead atoms. The summed E-state index contributed by atoms with van der Waals surface area (Å²) in [5, 5.41) is 0. The second-order valence-corrected chi connectivity index (χ2v) is 8.71. The molecule has 1 aliphatic carbocycles. The highest BCUT2D eigenvalue weighted by Gasteiger charge is 2.34. The average Bonchev–Trinajstić information content (AvgIpc) is 2.71. The van der Waals surface area contributed by atoms with E-state index in [-0.39, 0.29) is 17.3 Å². The van der Waals surface area contributed by atoms with Crippen molar-refractivity contribution in [1.82, 2.24) is 4.98 Å². The minimum absolute atomic E-state index is 0.150. The second-order valence-electron chi connectivity index (χ2n) is 6.55. The highest BCUT2D eigenvalue weighted by molar-refractivity contribution is 8.08. The highest BCUT2D eigenvalue weighted by atomic mass is 32.2. The Kier molecular flexibility index (Phi) is 5.20. The van der Waals surface area contributed by atoms with Crippen molar-refractivity contribution in [2.45, 2.75) is 23.6 Å². The Balaban J connectivity index is 1.80. The summed E-state index contributed by atoms with van der Waals surface area (Å²) in [6.07, 6.45) is 1.55. The summed E-state index contributed by atoms with van der Waals surface area (Å²) in [5.41, 5.74) is 2.89. The second kappa shape index (κ2) is 7.78. The van der Waals surface area contributed by atoms with Crippen LogP contribution < -0.4 is 0 Å². The lowest BCUT2D eigenvalue weighted by Gasteiger charge is -2.19. The van der Waals surface area contributed by atoms with Gasteiger partial charge in [0.1, 0.15) is 5.69 Å². The summed E-state index contributed by atoms with van der Waals surface area (Å²) >= 11 is 2.67. The molecule has 5 heteroatoms. The molecule has 0 amide bonds. The zero-order valence-corrected chi connectivity index (χ0v) is 17.1. The monoisotopic (exact) mass is 403 g/mol. The molecule has 138 valence electrons. The van der Waals surface area contributed by atoms with Crippen LogP contribution in [-0.2, 0) is 0 Å². The minimum Gasteiger partial charge on any atom is -0.288 e. The predicted octanol–water partition coefficient (Wildman–Crippen LogP) is 5.87. The first-order valence-corrected chi connectivity index (χ1v) is 10.4. The summed E-state index contributed by atoms with van der Waals surface area (Å²) in [6.45, 7) is 4.03. The summed E-state index contributed by atoms with van der Waals surface area (Å²) in [6, 6.07) is 19.2. The van der Waals surface area contributed by atoms with Crippen LogP contribution in [0.1, 0.15) is 32.0 Å². The molecule has 0 atom stereocenters. The third kappa shape index (κ3) is 3.68. The molecule has 28 heavy (non-hydrogen) atoms. The van der Waals surface area contributed by atoms with Gasteiger partial charge >= 0.3 is 0 Å². The Morgan fingerprint density at radius 1 is 0.679 bits per heavy atom. The standard InChI is InChI=1S/C23H17NO2S2/c1-14-5-9-16(10-6-14)27-22-20(25)18-4-3-13-24-19(18)21(26)23(22)28-17-11-7-15(2)8-12-17/h3-13H,1-2H3. The van der Waals surface area contributed by atoms with Gasteiger partial charge in [0.15, 0.2) is 0 Å². The number of ketones is 2. The van der Waals surface area contributed by atoms with Crippen molar-refractivity contribution in [3.8, 4) is 0 Å². The van der Waals surface area contributed by atoms with E-state index >= 15 is 0 Å². The van der Waals surface area contributed by atoms with E-state index < -0.39 is 0 Å². The van der Waals surface area contributed by atoms with E-state index in [2.05, 4.69) is 4.98 Å². The van der Waals surface area contributed by atoms with Crippen LogP contribution in [0.15, 0.2) is 86.5 Å². The number of fused-ring (bicyclic) bond motifs is 1. The number of hydrogen-bond acceptors (Lipinski definition) is 5. The minimum atomic E-state index is -0.199. The van der Waals surface area contributed by atoms with Crippen LogP contribution in [0.25, 0.3) is 0 Å². The smallest absolute Gasteiger partial charge is 0.220 e. The predicted molar refractivity (Wildman–Crippen MR) is 114 cm³/mol. The Bertz CT molecular complexity index is 1010. The lowest BCUT2D eigenvalue weighted by molar-refractivity contribution is 0.0984. The Labute approximate surface area is 172 Å². The first-order valence-electron chi connectivity index (χ1n) is 8.80.